The Morgan fingerprint density at radius 3 is 2.43 bits per heavy atom. The summed E-state index contributed by atoms with van der Waals surface area (Å²) in [4.78, 5) is 0. The van der Waals surface area contributed by atoms with E-state index in [0.29, 0.717) is 23.2 Å². The Bertz CT molecular complexity index is 573. The van der Waals surface area contributed by atoms with E-state index in [2.05, 4.69) is 5.32 Å². The van der Waals surface area contributed by atoms with Crippen molar-refractivity contribution >= 4 is 23.2 Å². The highest BCUT2D eigenvalue weighted by Gasteiger charge is 2.06. The first kappa shape index (κ1) is 16.1. The van der Waals surface area contributed by atoms with E-state index in [1.165, 1.54) is 0 Å². The molecule has 1 N–H and O–H groups in total. The Morgan fingerprint density at radius 1 is 1.00 bits per heavy atom. The highest BCUT2D eigenvalue weighted by Crippen LogP contribution is 2.28. The van der Waals surface area contributed by atoms with Gasteiger partial charge in [-0.05, 0) is 42.5 Å². The summed E-state index contributed by atoms with van der Waals surface area (Å²) >= 11 is 11.9. The minimum atomic E-state index is 0.660. The number of hydrogen-bond acceptors (Lipinski definition) is 3. The van der Waals surface area contributed by atoms with Gasteiger partial charge in [-0.2, -0.15) is 0 Å². The average molecular weight is 326 g/mol. The van der Waals surface area contributed by atoms with E-state index in [-0.39, 0.29) is 0 Å². The maximum absolute atomic E-state index is 6.06. The lowest BCUT2D eigenvalue weighted by Crippen LogP contribution is -2.18. The summed E-state index contributed by atoms with van der Waals surface area (Å²) < 4.78 is 10.9. The Balaban J connectivity index is 2.08. The number of ether oxygens (including phenoxy) is 2. The van der Waals surface area contributed by atoms with Crippen LogP contribution in [0.3, 0.4) is 0 Å². The van der Waals surface area contributed by atoms with Crippen LogP contribution in [0, 0.1) is 0 Å². The van der Waals surface area contributed by atoms with Gasteiger partial charge in [0.25, 0.3) is 0 Å². The van der Waals surface area contributed by atoms with Crippen LogP contribution in [0.5, 0.6) is 11.5 Å². The Kier molecular flexibility index (Phi) is 6.33. The van der Waals surface area contributed by atoms with Crippen molar-refractivity contribution in [2.24, 2.45) is 0 Å². The Morgan fingerprint density at radius 2 is 1.71 bits per heavy atom. The minimum absolute atomic E-state index is 0.660. The second-order valence-electron chi connectivity index (χ2n) is 4.48. The smallest absolute Gasteiger partial charge is 0.132 e. The highest BCUT2D eigenvalue weighted by molar-refractivity contribution is 6.30. The van der Waals surface area contributed by atoms with Crippen molar-refractivity contribution in [1.82, 2.24) is 5.32 Å². The molecular formula is C16H17Cl2NO2. The van der Waals surface area contributed by atoms with Crippen LogP contribution in [0.1, 0.15) is 5.56 Å². The summed E-state index contributed by atoms with van der Waals surface area (Å²) in [5, 5.41) is 4.64. The molecular weight excluding hydrogens is 309 g/mol. The van der Waals surface area contributed by atoms with Gasteiger partial charge in [0.05, 0.1) is 6.61 Å². The maximum atomic E-state index is 6.06. The third-order valence-corrected chi connectivity index (χ3v) is 3.35. The van der Waals surface area contributed by atoms with Crippen molar-refractivity contribution in [1.29, 1.82) is 0 Å². The molecule has 0 aliphatic heterocycles. The first-order valence-corrected chi connectivity index (χ1v) is 7.36. The number of halogens is 2. The largest absolute Gasteiger partial charge is 0.457 e. The van der Waals surface area contributed by atoms with Gasteiger partial charge in [0.15, 0.2) is 0 Å². The van der Waals surface area contributed by atoms with Crippen LogP contribution in [0.2, 0.25) is 10.0 Å². The highest BCUT2D eigenvalue weighted by atomic mass is 35.5. The zero-order valence-corrected chi connectivity index (χ0v) is 13.2. The lowest BCUT2D eigenvalue weighted by molar-refractivity contribution is 0.199. The fourth-order valence-electron chi connectivity index (χ4n) is 1.81. The summed E-state index contributed by atoms with van der Waals surface area (Å²) in [6, 6.07) is 12.8. The van der Waals surface area contributed by atoms with Gasteiger partial charge >= 0.3 is 0 Å². The maximum Gasteiger partial charge on any atom is 0.132 e. The van der Waals surface area contributed by atoms with Gasteiger partial charge in [0, 0.05) is 35.8 Å². The summed E-state index contributed by atoms with van der Waals surface area (Å²) in [6.45, 7) is 2.09. The van der Waals surface area contributed by atoms with Crippen LogP contribution in [0.4, 0.5) is 0 Å². The van der Waals surface area contributed by atoms with Crippen molar-refractivity contribution in [2.75, 3.05) is 20.3 Å². The standard InChI is InChI=1S/C16H17Cl2NO2/c1-20-9-8-19-11-12-10-14(18)4-7-16(12)21-15-5-2-13(17)3-6-15/h2-7,10,19H,8-9,11H2,1H3. The van der Waals surface area contributed by atoms with E-state index in [0.717, 1.165) is 23.6 Å². The Hall–Kier alpha value is -1.26. The summed E-state index contributed by atoms with van der Waals surface area (Å²) in [5.41, 5.74) is 0.994. The van der Waals surface area contributed by atoms with Crippen molar-refractivity contribution in [3.8, 4) is 11.5 Å². The van der Waals surface area contributed by atoms with Crippen molar-refractivity contribution in [3.05, 3.63) is 58.1 Å². The van der Waals surface area contributed by atoms with Crippen LogP contribution in [-0.2, 0) is 11.3 Å². The fourth-order valence-corrected chi connectivity index (χ4v) is 2.13. The van der Waals surface area contributed by atoms with E-state index in [9.17, 15) is 0 Å². The number of benzene rings is 2. The van der Waals surface area contributed by atoms with Crippen LogP contribution in [0.15, 0.2) is 42.5 Å². The molecule has 0 amide bonds. The molecule has 0 unspecified atom stereocenters. The number of nitrogens with one attached hydrogen (secondary N) is 1. The van der Waals surface area contributed by atoms with E-state index >= 15 is 0 Å². The molecule has 0 spiro atoms. The van der Waals surface area contributed by atoms with Crippen molar-refractivity contribution < 1.29 is 9.47 Å². The van der Waals surface area contributed by atoms with Gasteiger partial charge in [0.2, 0.25) is 0 Å². The average Bonchev–Trinajstić information content (AvgIpc) is 2.48. The molecule has 2 aromatic carbocycles. The molecule has 0 aliphatic carbocycles. The van der Waals surface area contributed by atoms with Crippen LogP contribution in [-0.4, -0.2) is 20.3 Å². The van der Waals surface area contributed by atoms with Gasteiger partial charge in [-0.15, -0.1) is 0 Å². The van der Waals surface area contributed by atoms with Crippen LogP contribution in [0.25, 0.3) is 0 Å². The summed E-state index contributed by atoms with van der Waals surface area (Å²) in [5.74, 6) is 1.51. The molecule has 3 nitrogen and oxygen atoms in total. The van der Waals surface area contributed by atoms with Crippen LogP contribution < -0.4 is 10.1 Å². The molecule has 0 aromatic heterocycles. The molecule has 0 saturated heterocycles. The van der Waals surface area contributed by atoms with Gasteiger partial charge in [-0.1, -0.05) is 23.2 Å². The SMILES string of the molecule is COCCNCc1cc(Cl)ccc1Oc1ccc(Cl)cc1. The molecule has 0 bridgehead atoms. The van der Waals surface area contributed by atoms with Gasteiger partial charge < -0.3 is 14.8 Å². The van der Waals surface area contributed by atoms with Crippen molar-refractivity contribution in [2.45, 2.75) is 6.54 Å². The lowest BCUT2D eigenvalue weighted by atomic mass is 10.2. The van der Waals surface area contributed by atoms with Gasteiger partial charge in [-0.3, -0.25) is 0 Å². The molecule has 0 atom stereocenters. The first-order chi connectivity index (χ1) is 10.2. The van der Waals surface area contributed by atoms with Crippen LogP contribution >= 0.6 is 23.2 Å². The zero-order chi connectivity index (χ0) is 15.1. The summed E-state index contributed by atoms with van der Waals surface area (Å²) in [7, 11) is 1.68. The predicted octanol–water partition coefficient (Wildman–Crippen LogP) is 4.52. The molecule has 21 heavy (non-hydrogen) atoms. The third kappa shape index (κ3) is 5.21. The van der Waals surface area contributed by atoms with E-state index in [4.69, 9.17) is 32.7 Å². The number of hydrogen-bond donors (Lipinski definition) is 1. The number of methoxy groups -OCH3 is 1. The predicted molar refractivity (Wildman–Crippen MR) is 86.6 cm³/mol. The Labute approximate surface area is 134 Å². The molecule has 112 valence electrons. The molecule has 0 fully saturated rings. The summed E-state index contributed by atoms with van der Waals surface area (Å²) in [6.07, 6.45) is 0. The molecule has 0 radical (unpaired) electrons. The molecule has 0 aliphatic rings. The lowest BCUT2D eigenvalue weighted by Gasteiger charge is -2.12. The first-order valence-electron chi connectivity index (χ1n) is 6.60. The van der Waals surface area contributed by atoms with E-state index < -0.39 is 0 Å². The quantitative estimate of drug-likeness (QED) is 0.759. The fraction of sp³-hybridized carbons (Fsp3) is 0.250. The normalized spacial score (nSPS) is 10.6. The van der Waals surface area contributed by atoms with Crippen molar-refractivity contribution in [3.63, 3.8) is 0 Å². The molecule has 2 rings (SSSR count). The molecule has 0 heterocycles. The molecule has 0 saturated carbocycles. The zero-order valence-electron chi connectivity index (χ0n) is 11.7. The monoisotopic (exact) mass is 325 g/mol. The van der Waals surface area contributed by atoms with E-state index in [1.807, 2.05) is 30.3 Å². The van der Waals surface area contributed by atoms with Gasteiger partial charge in [-0.25, -0.2) is 0 Å². The number of rotatable bonds is 7. The second kappa shape index (κ2) is 8.25. The van der Waals surface area contributed by atoms with Gasteiger partial charge in [0.1, 0.15) is 11.5 Å². The molecule has 5 heteroatoms. The van der Waals surface area contributed by atoms with E-state index in [1.54, 1.807) is 19.2 Å². The third-order valence-electron chi connectivity index (χ3n) is 2.86. The second-order valence-corrected chi connectivity index (χ2v) is 5.35. The molecule has 2 aromatic rings. The minimum Gasteiger partial charge on any atom is -0.457 e. The topological polar surface area (TPSA) is 30.5 Å².